The van der Waals surface area contributed by atoms with Crippen molar-refractivity contribution in [2.75, 3.05) is 23.0 Å². The molecule has 0 heterocycles. The highest BCUT2D eigenvalue weighted by atomic mass is 16.5. The van der Waals surface area contributed by atoms with Crippen molar-refractivity contribution in [2.24, 2.45) is 0 Å². The summed E-state index contributed by atoms with van der Waals surface area (Å²) in [5, 5.41) is 37.5. The highest BCUT2D eigenvalue weighted by molar-refractivity contribution is 5.81. The molecule has 0 aromatic heterocycles. The molecular weight excluding hydrogens is 484 g/mol. The van der Waals surface area contributed by atoms with Gasteiger partial charge in [0.15, 0.2) is 12.6 Å². The number of nitriles is 4. The fraction of sp³-hybridized carbons (Fsp3) is 0.357. The molecule has 10 nitrogen and oxygen atoms in total. The Kier molecular flexibility index (Phi) is 10.7. The standard InChI is InChI=1S/C28H28N6O4/c1-19(13-29)33(20(2)14-30)25-7-5-23(17-35)27(11-25)37-9-10-38-28-12-26(8-6-24(28)18-36)34(21(3)15-31)22(4)16-32/h5-8,11-12,17-22H,9-10H2,1-4H3. The predicted molar refractivity (Wildman–Crippen MR) is 140 cm³/mol. The van der Waals surface area contributed by atoms with Crippen molar-refractivity contribution in [3.05, 3.63) is 47.5 Å². The van der Waals surface area contributed by atoms with Crippen LogP contribution in [0.5, 0.6) is 11.5 Å². The van der Waals surface area contributed by atoms with Gasteiger partial charge in [-0.15, -0.1) is 0 Å². The van der Waals surface area contributed by atoms with Crippen LogP contribution in [0.2, 0.25) is 0 Å². The molecule has 0 saturated heterocycles. The van der Waals surface area contributed by atoms with Crippen molar-refractivity contribution in [1.82, 2.24) is 0 Å². The molecule has 4 unspecified atom stereocenters. The van der Waals surface area contributed by atoms with E-state index in [9.17, 15) is 30.6 Å². The van der Waals surface area contributed by atoms with Gasteiger partial charge in [-0.3, -0.25) is 9.59 Å². The fourth-order valence-electron chi connectivity index (χ4n) is 3.93. The summed E-state index contributed by atoms with van der Waals surface area (Å²) < 4.78 is 11.6. The molecule has 0 aliphatic carbocycles. The van der Waals surface area contributed by atoms with Crippen molar-refractivity contribution in [3.63, 3.8) is 0 Å². The quantitative estimate of drug-likeness (QED) is 0.284. The van der Waals surface area contributed by atoms with Crippen LogP contribution in [0.15, 0.2) is 36.4 Å². The summed E-state index contributed by atoms with van der Waals surface area (Å²) in [7, 11) is 0. The van der Waals surface area contributed by atoms with Crippen LogP contribution in [0.1, 0.15) is 48.4 Å². The summed E-state index contributed by atoms with van der Waals surface area (Å²) in [6, 6.07) is 15.7. The van der Waals surface area contributed by atoms with E-state index in [-0.39, 0.29) is 35.8 Å². The van der Waals surface area contributed by atoms with Crippen molar-refractivity contribution in [2.45, 2.75) is 51.9 Å². The average Bonchev–Trinajstić information content (AvgIpc) is 2.95. The third-order valence-electron chi connectivity index (χ3n) is 5.86. The first-order chi connectivity index (χ1) is 18.3. The summed E-state index contributed by atoms with van der Waals surface area (Å²) >= 11 is 0. The number of benzene rings is 2. The topological polar surface area (TPSA) is 154 Å². The van der Waals surface area contributed by atoms with E-state index < -0.39 is 24.2 Å². The van der Waals surface area contributed by atoms with Gasteiger partial charge in [0.2, 0.25) is 0 Å². The summed E-state index contributed by atoms with van der Waals surface area (Å²) in [6.07, 6.45) is 1.28. The number of hydrogen-bond donors (Lipinski definition) is 0. The zero-order chi connectivity index (χ0) is 28.2. The van der Waals surface area contributed by atoms with E-state index in [1.54, 1.807) is 73.9 Å². The maximum atomic E-state index is 11.6. The highest BCUT2D eigenvalue weighted by Gasteiger charge is 2.23. The number of carbonyl (C=O) groups excluding carboxylic acids is 2. The number of hydrogen-bond acceptors (Lipinski definition) is 10. The van der Waals surface area contributed by atoms with Gasteiger partial charge in [0.05, 0.1) is 35.4 Å². The second-order valence-electron chi connectivity index (χ2n) is 8.41. The number of ether oxygens (including phenoxy) is 2. The highest BCUT2D eigenvalue weighted by Crippen LogP contribution is 2.29. The van der Waals surface area contributed by atoms with E-state index in [4.69, 9.17) is 9.47 Å². The van der Waals surface area contributed by atoms with E-state index in [1.165, 1.54) is 0 Å². The second kappa shape index (κ2) is 13.9. The van der Waals surface area contributed by atoms with Crippen LogP contribution in [0.4, 0.5) is 11.4 Å². The maximum absolute atomic E-state index is 11.6. The number of aldehydes is 2. The molecule has 0 spiro atoms. The fourth-order valence-corrected chi connectivity index (χ4v) is 3.93. The van der Waals surface area contributed by atoms with Crippen LogP contribution < -0.4 is 19.3 Å². The molecule has 4 atom stereocenters. The Hall–Kier alpha value is -5.06. The van der Waals surface area contributed by atoms with E-state index >= 15 is 0 Å². The molecule has 0 aliphatic rings. The monoisotopic (exact) mass is 512 g/mol. The molecule has 0 N–H and O–H groups in total. The Morgan fingerprint density at radius 2 is 0.974 bits per heavy atom. The molecule has 2 aromatic rings. The Morgan fingerprint density at radius 3 is 1.24 bits per heavy atom. The summed E-state index contributed by atoms with van der Waals surface area (Å²) in [6.45, 7) is 6.71. The molecule has 0 aliphatic heterocycles. The van der Waals surface area contributed by atoms with Gasteiger partial charge in [-0.05, 0) is 52.0 Å². The van der Waals surface area contributed by atoms with Gasteiger partial charge in [0, 0.05) is 23.5 Å². The molecule has 0 radical (unpaired) electrons. The Labute approximate surface area is 222 Å². The minimum atomic E-state index is -0.593. The summed E-state index contributed by atoms with van der Waals surface area (Å²) in [5.74, 6) is 0.505. The lowest BCUT2D eigenvalue weighted by atomic mass is 10.1. The third kappa shape index (κ3) is 6.78. The lowest BCUT2D eigenvalue weighted by Crippen LogP contribution is -2.39. The van der Waals surface area contributed by atoms with Gasteiger partial charge in [-0.25, -0.2) is 0 Å². The van der Waals surface area contributed by atoms with Crippen LogP contribution in [0, 0.1) is 45.3 Å². The van der Waals surface area contributed by atoms with Crippen molar-refractivity contribution in [1.29, 1.82) is 21.0 Å². The summed E-state index contributed by atoms with van der Waals surface area (Å²) in [4.78, 5) is 26.4. The Morgan fingerprint density at radius 1 is 0.658 bits per heavy atom. The Bertz CT molecular complexity index is 1180. The zero-order valence-corrected chi connectivity index (χ0v) is 21.7. The molecule has 2 rings (SSSR count). The van der Waals surface area contributed by atoms with E-state index in [0.29, 0.717) is 23.9 Å². The van der Waals surface area contributed by atoms with Crippen LogP contribution in [-0.4, -0.2) is 50.0 Å². The number of carbonyl (C=O) groups is 2. The smallest absolute Gasteiger partial charge is 0.153 e. The molecule has 0 bridgehead atoms. The molecule has 0 saturated carbocycles. The molecule has 0 fully saturated rings. The predicted octanol–water partition coefficient (Wildman–Crippen LogP) is 4.03. The van der Waals surface area contributed by atoms with Gasteiger partial charge < -0.3 is 19.3 Å². The lowest BCUT2D eigenvalue weighted by Gasteiger charge is -2.30. The SMILES string of the molecule is CC(C#N)N(c1ccc(C=O)c(OCCOc2cc(N(C(C)C#N)C(C)C#N)ccc2C=O)c1)C(C)C#N. The van der Waals surface area contributed by atoms with Crippen LogP contribution in [0.3, 0.4) is 0 Å². The van der Waals surface area contributed by atoms with E-state index in [1.807, 2.05) is 0 Å². The van der Waals surface area contributed by atoms with Crippen LogP contribution in [-0.2, 0) is 0 Å². The number of rotatable bonds is 13. The molecular formula is C28H28N6O4. The molecule has 10 heteroatoms. The normalized spacial score (nSPS) is 13.2. The third-order valence-corrected chi connectivity index (χ3v) is 5.86. The molecule has 38 heavy (non-hydrogen) atoms. The van der Waals surface area contributed by atoms with Gasteiger partial charge in [0.25, 0.3) is 0 Å². The first kappa shape index (κ1) is 29.2. The van der Waals surface area contributed by atoms with E-state index in [0.717, 1.165) is 0 Å². The second-order valence-corrected chi connectivity index (χ2v) is 8.41. The molecule has 0 amide bonds. The average molecular weight is 513 g/mol. The minimum absolute atomic E-state index is 0.0152. The van der Waals surface area contributed by atoms with Crippen molar-refractivity contribution in [3.8, 4) is 35.8 Å². The van der Waals surface area contributed by atoms with Gasteiger partial charge in [-0.2, -0.15) is 21.0 Å². The molecule has 2 aromatic carbocycles. The van der Waals surface area contributed by atoms with Gasteiger partial charge >= 0.3 is 0 Å². The van der Waals surface area contributed by atoms with Gasteiger partial charge in [0.1, 0.15) is 48.9 Å². The van der Waals surface area contributed by atoms with Crippen LogP contribution in [0.25, 0.3) is 0 Å². The molecule has 194 valence electrons. The lowest BCUT2D eigenvalue weighted by molar-refractivity contribution is 0.110. The minimum Gasteiger partial charge on any atom is -0.489 e. The Balaban J connectivity index is 2.24. The summed E-state index contributed by atoms with van der Waals surface area (Å²) in [5.41, 5.74) is 1.66. The maximum Gasteiger partial charge on any atom is 0.153 e. The van der Waals surface area contributed by atoms with Crippen molar-refractivity contribution < 1.29 is 19.1 Å². The first-order valence-corrected chi connectivity index (χ1v) is 11.8. The van der Waals surface area contributed by atoms with Crippen LogP contribution >= 0.6 is 0 Å². The zero-order valence-electron chi connectivity index (χ0n) is 21.7. The first-order valence-electron chi connectivity index (χ1n) is 11.8. The number of anilines is 2. The number of nitrogens with zero attached hydrogens (tertiary/aromatic N) is 6. The van der Waals surface area contributed by atoms with Crippen molar-refractivity contribution >= 4 is 23.9 Å². The largest absolute Gasteiger partial charge is 0.489 e. The van der Waals surface area contributed by atoms with E-state index in [2.05, 4.69) is 24.3 Å². The van der Waals surface area contributed by atoms with Gasteiger partial charge in [-0.1, -0.05) is 0 Å².